The molecule has 2 heterocycles. The van der Waals surface area contributed by atoms with Gasteiger partial charge in [-0.15, -0.1) is 0 Å². The summed E-state index contributed by atoms with van der Waals surface area (Å²) in [5, 5.41) is 6.89. The van der Waals surface area contributed by atoms with Crippen LogP contribution >= 0.6 is 0 Å². The molecule has 1 aromatic carbocycles. The summed E-state index contributed by atoms with van der Waals surface area (Å²) in [6.07, 6.45) is 4.51. The molecule has 0 bridgehead atoms. The molecule has 0 spiro atoms. The van der Waals surface area contributed by atoms with Gasteiger partial charge in [0.15, 0.2) is 5.82 Å². The number of benzene rings is 1. The highest BCUT2D eigenvalue weighted by atomic mass is 16.5. The Labute approximate surface area is 133 Å². The van der Waals surface area contributed by atoms with E-state index in [2.05, 4.69) is 20.4 Å². The number of hydrogen-bond donors (Lipinski definition) is 1. The minimum atomic E-state index is -0.223. The van der Waals surface area contributed by atoms with Crippen molar-refractivity contribution in [1.29, 1.82) is 0 Å². The third-order valence-electron chi connectivity index (χ3n) is 3.28. The Morgan fingerprint density at radius 1 is 1.26 bits per heavy atom. The molecule has 0 radical (unpaired) electrons. The molecule has 7 heteroatoms. The van der Waals surface area contributed by atoms with Crippen LogP contribution in [0.4, 0.5) is 0 Å². The Hall–Kier alpha value is -3.22. The van der Waals surface area contributed by atoms with Crippen LogP contribution in [0.15, 0.2) is 55.2 Å². The van der Waals surface area contributed by atoms with Gasteiger partial charge in [-0.05, 0) is 29.8 Å². The van der Waals surface area contributed by atoms with Crippen LogP contribution in [-0.4, -0.2) is 32.8 Å². The lowest BCUT2D eigenvalue weighted by atomic mass is 10.2. The first-order valence-corrected chi connectivity index (χ1v) is 6.99. The number of methoxy groups -OCH3 is 1. The molecule has 1 amide bonds. The number of amides is 1. The second-order valence-electron chi connectivity index (χ2n) is 4.75. The molecule has 116 valence electrons. The number of aromatic nitrogens is 4. The monoisotopic (exact) mass is 309 g/mol. The molecule has 0 atom stereocenters. The van der Waals surface area contributed by atoms with Crippen LogP contribution in [0.25, 0.3) is 5.82 Å². The highest BCUT2D eigenvalue weighted by molar-refractivity contribution is 5.96. The zero-order valence-corrected chi connectivity index (χ0v) is 12.5. The van der Waals surface area contributed by atoms with Crippen molar-refractivity contribution in [1.82, 2.24) is 25.1 Å². The number of carbonyl (C=O) groups is 1. The van der Waals surface area contributed by atoms with Gasteiger partial charge in [-0.25, -0.2) is 14.6 Å². The average Bonchev–Trinajstić information content (AvgIpc) is 3.14. The molecule has 0 aliphatic carbocycles. The molecular weight excluding hydrogens is 294 g/mol. The number of pyridine rings is 1. The van der Waals surface area contributed by atoms with Crippen LogP contribution in [0.1, 0.15) is 15.9 Å². The van der Waals surface area contributed by atoms with E-state index in [-0.39, 0.29) is 5.91 Å². The summed E-state index contributed by atoms with van der Waals surface area (Å²) in [5.74, 6) is 0.998. The number of nitrogens with zero attached hydrogens (tertiary/aromatic N) is 4. The highest BCUT2D eigenvalue weighted by Crippen LogP contribution is 2.12. The van der Waals surface area contributed by atoms with E-state index in [1.807, 2.05) is 24.3 Å². The molecule has 0 fully saturated rings. The van der Waals surface area contributed by atoms with Crippen LogP contribution in [0.2, 0.25) is 0 Å². The predicted molar refractivity (Wildman–Crippen MR) is 83.3 cm³/mol. The maximum Gasteiger partial charge on any atom is 0.255 e. The quantitative estimate of drug-likeness (QED) is 0.774. The lowest BCUT2D eigenvalue weighted by Gasteiger charge is -2.09. The SMILES string of the molecule is COc1ccc(CNC(=O)c2cccnc2-n2cncn2)cc1. The summed E-state index contributed by atoms with van der Waals surface area (Å²) in [5.41, 5.74) is 1.41. The molecule has 0 aliphatic rings. The predicted octanol–water partition coefficient (Wildman–Crippen LogP) is 1.60. The van der Waals surface area contributed by atoms with Gasteiger partial charge in [-0.1, -0.05) is 12.1 Å². The van der Waals surface area contributed by atoms with Gasteiger partial charge in [-0.2, -0.15) is 5.10 Å². The summed E-state index contributed by atoms with van der Waals surface area (Å²) in [6, 6.07) is 10.9. The van der Waals surface area contributed by atoms with Gasteiger partial charge in [0.05, 0.1) is 12.7 Å². The molecule has 0 unspecified atom stereocenters. The van der Waals surface area contributed by atoms with Crippen LogP contribution < -0.4 is 10.1 Å². The zero-order valence-electron chi connectivity index (χ0n) is 12.5. The van der Waals surface area contributed by atoms with Crippen LogP contribution in [-0.2, 0) is 6.54 Å². The van der Waals surface area contributed by atoms with Crippen LogP contribution in [0.5, 0.6) is 5.75 Å². The minimum absolute atomic E-state index is 0.223. The van der Waals surface area contributed by atoms with Crippen molar-refractivity contribution in [3.05, 3.63) is 66.4 Å². The number of rotatable bonds is 5. The first kappa shape index (κ1) is 14.7. The lowest BCUT2D eigenvalue weighted by molar-refractivity contribution is 0.0950. The topological polar surface area (TPSA) is 81.9 Å². The zero-order chi connectivity index (χ0) is 16.1. The molecule has 0 aliphatic heterocycles. The van der Waals surface area contributed by atoms with E-state index in [0.29, 0.717) is 17.9 Å². The van der Waals surface area contributed by atoms with Gasteiger partial charge in [0.1, 0.15) is 18.4 Å². The van der Waals surface area contributed by atoms with E-state index in [1.165, 1.54) is 17.3 Å². The molecule has 7 nitrogen and oxygen atoms in total. The van der Waals surface area contributed by atoms with Crippen molar-refractivity contribution in [2.75, 3.05) is 7.11 Å². The normalized spacial score (nSPS) is 10.3. The van der Waals surface area contributed by atoms with Crippen LogP contribution in [0, 0.1) is 0 Å². The fourth-order valence-electron chi connectivity index (χ4n) is 2.10. The molecular formula is C16H15N5O2. The second kappa shape index (κ2) is 6.69. The molecule has 23 heavy (non-hydrogen) atoms. The first-order valence-electron chi connectivity index (χ1n) is 6.99. The van der Waals surface area contributed by atoms with Crippen molar-refractivity contribution in [3.8, 4) is 11.6 Å². The van der Waals surface area contributed by atoms with Crippen molar-refractivity contribution >= 4 is 5.91 Å². The number of ether oxygens (including phenoxy) is 1. The van der Waals surface area contributed by atoms with E-state index < -0.39 is 0 Å². The summed E-state index contributed by atoms with van der Waals surface area (Å²) < 4.78 is 6.57. The summed E-state index contributed by atoms with van der Waals surface area (Å²) >= 11 is 0. The first-order chi connectivity index (χ1) is 11.3. The minimum Gasteiger partial charge on any atom is -0.497 e. The van der Waals surface area contributed by atoms with Crippen LogP contribution in [0.3, 0.4) is 0 Å². The molecule has 3 rings (SSSR count). The molecule has 3 aromatic rings. The fourth-order valence-corrected chi connectivity index (χ4v) is 2.10. The Morgan fingerprint density at radius 2 is 2.09 bits per heavy atom. The Bertz CT molecular complexity index is 784. The maximum absolute atomic E-state index is 12.4. The Kier molecular flexibility index (Phi) is 4.28. The van der Waals surface area contributed by atoms with Crippen molar-refractivity contribution in [3.63, 3.8) is 0 Å². The summed E-state index contributed by atoms with van der Waals surface area (Å²) in [6.45, 7) is 0.411. The van der Waals surface area contributed by atoms with Crippen molar-refractivity contribution in [2.45, 2.75) is 6.54 Å². The highest BCUT2D eigenvalue weighted by Gasteiger charge is 2.13. The molecule has 0 saturated carbocycles. The second-order valence-corrected chi connectivity index (χ2v) is 4.75. The number of nitrogens with one attached hydrogen (secondary N) is 1. The van der Waals surface area contributed by atoms with E-state index >= 15 is 0 Å². The molecule has 0 saturated heterocycles. The van der Waals surface area contributed by atoms with Gasteiger partial charge in [0.2, 0.25) is 0 Å². The standard InChI is InChI=1S/C16H15N5O2/c1-23-13-6-4-12(5-7-13)9-19-16(22)14-3-2-8-18-15(14)21-11-17-10-20-21/h2-8,10-11H,9H2,1H3,(H,19,22). The Morgan fingerprint density at radius 3 is 2.78 bits per heavy atom. The number of hydrogen-bond acceptors (Lipinski definition) is 5. The van der Waals surface area contributed by atoms with E-state index in [4.69, 9.17) is 4.74 Å². The molecule has 1 N–H and O–H groups in total. The largest absolute Gasteiger partial charge is 0.497 e. The van der Waals surface area contributed by atoms with Crippen molar-refractivity contribution in [2.24, 2.45) is 0 Å². The van der Waals surface area contributed by atoms with Gasteiger partial charge < -0.3 is 10.1 Å². The summed E-state index contributed by atoms with van der Waals surface area (Å²) in [7, 11) is 1.62. The van der Waals surface area contributed by atoms with Gasteiger partial charge in [-0.3, -0.25) is 4.79 Å². The van der Waals surface area contributed by atoms with Crippen molar-refractivity contribution < 1.29 is 9.53 Å². The van der Waals surface area contributed by atoms with Gasteiger partial charge >= 0.3 is 0 Å². The fraction of sp³-hybridized carbons (Fsp3) is 0.125. The lowest BCUT2D eigenvalue weighted by Crippen LogP contribution is -2.24. The number of carbonyl (C=O) groups excluding carboxylic acids is 1. The van der Waals surface area contributed by atoms with Gasteiger partial charge in [0.25, 0.3) is 5.91 Å². The third-order valence-corrected chi connectivity index (χ3v) is 3.28. The van der Waals surface area contributed by atoms with E-state index in [1.54, 1.807) is 25.4 Å². The van der Waals surface area contributed by atoms with Gasteiger partial charge in [0, 0.05) is 12.7 Å². The average molecular weight is 309 g/mol. The maximum atomic E-state index is 12.4. The molecule has 2 aromatic heterocycles. The third kappa shape index (κ3) is 3.34. The van der Waals surface area contributed by atoms with E-state index in [9.17, 15) is 4.79 Å². The smallest absolute Gasteiger partial charge is 0.255 e. The summed E-state index contributed by atoms with van der Waals surface area (Å²) in [4.78, 5) is 20.5. The van der Waals surface area contributed by atoms with E-state index in [0.717, 1.165) is 11.3 Å². The Balaban J connectivity index is 1.73.